The Morgan fingerprint density at radius 2 is 1.90 bits per heavy atom. The van der Waals surface area contributed by atoms with Gasteiger partial charge in [0.2, 0.25) is 0 Å². The molecule has 0 aliphatic rings. The van der Waals surface area contributed by atoms with Crippen LogP contribution in [0.1, 0.15) is 28.9 Å². The Morgan fingerprint density at radius 1 is 1.10 bits per heavy atom. The highest BCUT2D eigenvalue weighted by Gasteiger charge is 2.05. The zero-order valence-corrected chi connectivity index (χ0v) is 13.4. The number of pyridine rings is 1. The highest BCUT2D eigenvalue weighted by atomic mass is 79.9. The number of carbonyl (C=O) groups excluding carboxylic acids is 1. The molecule has 110 valence electrons. The molecule has 0 unspecified atom stereocenters. The average molecular weight is 348 g/mol. The van der Waals surface area contributed by atoms with E-state index in [1.54, 1.807) is 6.20 Å². The monoisotopic (exact) mass is 347 g/mol. The third kappa shape index (κ3) is 5.78. The van der Waals surface area contributed by atoms with Crippen LogP contribution in [0.3, 0.4) is 0 Å². The second kappa shape index (κ2) is 8.70. The molecule has 1 heterocycles. The molecule has 0 atom stereocenters. The average Bonchev–Trinajstić information content (AvgIpc) is 2.52. The van der Waals surface area contributed by atoms with Gasteiger partial charge >= 0.3 is 0 Å². The van der Waals surface area contributed by atoms with Gasteiger partial charge in [0.1, 0.15) is 0 Å². The van der Waals surface area contributed by atoms with Crippen molar-refractivity contribution in [3.8, 4) is 0 Å². The van der Waals surface area contributed by atoms with Gasteiger partial charge in [-0.2, -0.15) is 0 Å². The fourth-order valence-corrected chi connectivity index (χ4v) is 2.20. The van der Waals surface area contributed by atoms with Crippen LogP contribution in [0.2, 0.25) is 0 Å². The first-order valence-corrected chi connectivity index (χ1v) is 7.81. The van der Waals surface area contributed by atoms with Crippen molar-refractivity contribution in [1.82, 2.24) is 4.98 Å². The minimum absolute atomic E-state index is 0.163. The molecule has 0 spiro atoms. The van der Waals surface area contributed by atoms with Crippen LogP contribution in [0.4, 0.5) is 0 Å². The summed E-state index contributed by atoms with van der Waals surface area (Å²) >= 11 is 3.36. The number of carbonyl (C=O) groups is 1. The summed E-state index contributed by atoms with van der Waals surface area (Å²) in [4.78, 5) is 16.2. The molecule has 0 amide bonds. The van der Waals surface area contributed by atoms with E-state index in [4.69, 9.17) is 4.74 Å². The predicted molar refractivity (Wildman–Crippen MR) is 86.5 cm³/mol. The van der Waals surface area contributed by atoms with Gasteiger partial charge in [-0.05, 0) is 30.7 Å². The standard InChI is InChI=1S/C17H18BrNO2/c18-15-8-6-14(7-9-15)17(20)5-3-12-21-13-10-16-4-1-2-11-19-16/h1-2,4,6-9,11H,3,5,10,12-13H2. The van der Waals surface area contributed by atoms with E-state index in [2.05, 4.69) is 20.9 Å². The zero-order chi connectivity index (χ0) is 14.9. The van der Waals surface area contributed by atoms with Gasteiger partial charge in [0.05, 0.1) is 6.61 Å². The van der Waals surface area contributed by atoms with Crippen LogP contribution in [0.25, 0.3) is 0 Å². The van der Waals surface area contributed by atoms with Gasteiger partial charge in [0, 0.05) is 41.4 Å². The molecule has 0 bridgehead atoms. The van der Waals surface area contributed by atoms with Gasteiger partial charge < -0.3 is 4.74 Å². The van der Waals surface area contributed by atoms with Gasteiger partial charge in [0.15, 0.2) is 5.78 Å². The molecular formula is C17H18BrNO2. The summed E-state index contributed by atoms with van der Waals surface area (Å²) in [6.07, 6.45) is 3.86. The predicted octanol–water partition coefficient (Wildman–Crippen LogP) is 4.07. The number of hydrogen-bond donors (Lipinski definition) is 0. The van der Waals surface area contributed by atoms with Gasteiger partial charge in [-0.25, -0.2) is 0 Å². The molecule has 3 nitrogen and oxygen atoms in total. The van der Waals surface area contributed by atoms with Crippen molar-refractivity contribution in [3.05, 3.63) is 64.4 Å². The van der Waals surface area contributed by atoms with Crippen LogP contribution < -0.4 is 0 Å². The summed E-state index contributed by atoms with van der Waals surface area (Å²) in [6.45, 7) is 1.25. The van der Waals surface area contributed by atoms with E-state index < -0.39 is 0 Å². The smallest absolute Gasteiger partial charge is 0.162 e. The lowest BCUT2D eigenvalue weighted by molar-refractivity contribution is 0.0939. The molecule has 0 radical (unpaired) electrons. The molecule has 0 aliphatic carbocycles. The normalized spacial score (nSPS) is 10.5. The van der Waals surface area contributed by atoms with Crippen molar-refractivity contribution in [3.63, 3.8) is 0 Å². The van der Waals surface area contributed by atoms with Crippen LogP contribution in [0, 0.1) is 0 Å². The minimum atomic E-state index is 0.163. The molecule has 0 N–H and O–H groups in total. The van der Waals surface area contributed by atoms with Crippen molar-refractivity contribution >= 4 is 21.7 Å². The minimum Gasteiger partial charge on any atom is -0.381 e. The number of aromatic nitrogens is 1. The van der Waals surface area contributed by atoms with Gasteiger partial charge in [0.25, 0.3) is 0 Å². The Labute approximate surface area is 133 Å². The van der Waals surface area contributed by atoms with E-state index in [1.807, 2.05) is 42.5 Å². The number of ketones is 1. The topological polar surface area (TPSA) is 39.2 Å². The molecular weight excluding hydrogens is 330 g/mol. The van der Waals surface area contributed by atoms with Crippen LogP contribution >= 0.6 is 15.9 Å². The van der Waals surface area contributed by atoms with Crippen LogP contribution in [-0.2, 0) is 11.2 Å². The van der Waals surface area contributed by atoms with Gasteiger partial charge in [-0.1, -0.05) is 34.1 Å². The summed E-state index contributed by atoms with van der Waals surface area (Å²) in [5.74, 6) is 0.163. The maximum absolute atomic E-state index is 11.9. The summed E-state index contributed by atoms with van der Waals surface area (Å²) < 4.78 is 6.53. The fourth-order valence-electron chi connectivity index (χ4n) is 1.94. The molecule has 0 saturated heterocycles. The van der Waals surface area contributed by atoms with Crippen molar-refractivity contribution in [1.29, 1.82) is 0 Å². The number of halogens is 1. The Hall–Kier alpha value is -1.52. The molecule has 0 aliphatic heterocycles. The van der Waals surface area contributed by atoms with Crippen LogP contribution in [-0.4, -0.2) is 24.0 Å². The van der Waals surface area contributed by atoms with Gasteiger partial charge in [-0.15, -0.1) is 0 Å². The third-order valence-corrected chi connectivity index (χ3v) is 3.62. The largest absolute Gasteiger partial charge is 0.381 e. The highest BCUT2D eigenvalue weighted by Crippen LogP contribution is 2.12. The third-order valence-electron chi connectivity index (χ3n) is 3.09. The molecule has 1 aromatic heterocycles. The fraction of sp³-hybridized carbons (Fsp3) is 0.294. The molecule has 0 saturated carbocycles. The maximum atomic E-state index is 11.9. The molecule has 21 heavy (non-hydrogen) atoms. The summed E-state index contributed by atoms with van der Waals surface area (Å²) in [6, 6.07) is 13.3. The number of rotatable bonds is 8. The van der Waals surface area contributed by atoms with E-state index in [9.17, 15) is 4.79 Å². The first-order valence-electron chi connectivity index (χ1n) is 7.02. The second-order valence-electron chi connectivity index (χ2n) is 4.72. The SMILES string of the molecule is O=C(CCCOCCc1ccccn1)c1ccc(Br)cc1. The number of benzene rings is 1. The van der Waals surface area contributed by atoms with E-state index in [0.717, 1.165) is 28.6 Å². The number of ether oxygens (including phenoxy) is 1. The Balaban J connectivity index is 1.59. The summed E-state index contributed by atoms with van der Waals surface area (Å²) in [5, 5.41) is 0. The molecule has 2 rings (SSSR count). The van der Waals surface area contributed by atoms with E-state index in [1.165, 1.54) is 0 Å². The summed E-state index contributed by atoms with van der Waals surface area (Å²) in [5.41, 5.74) is 1.79. The maximum Gasteiger partial charge on any atom is 0.162 e. The number of hydrogen-bond acceptors (Lipinski definition) is 3. The molecule has 1 aromatic carbocycles. The van der Waals surface area contributed by atoms with Crippen molar-refractivity contribution in [2.24, 2.45) is 0 Å². The van der Waals surface area contributed by atoms with Crippen molar-refractivity contribution in [2.45, 2.75) is 19.3 Å². The Bertz CT molecular complexity index is 555. The van der Waals surface area contributed by atoms with Crippen LogP contribution in [0.15, 0.2) is 53.1 Å². The first kappa shape index (κ1) is 15.9. The molecule has 2 aromatic rings. The number of Topliss-reactive ketones (excluding diaryl/α,β-unsaturated/α-hetero) is 1. The van der Waals surface area contributed by atoms with Crippen molar-refractivity contribution in [2.75, 3.05) is 13.2 Å². The zero-order valence-electron chi connectivity index (χ0n) is 11.8. The molecule has 4 heteroatoms. The quantitative estimate of drug-likeness (QED) is 0.533. The number of nitrogens with zero attached hydrogens (tertiary/aromatic N) is 1. The lowest BCUT2D eigenvalue weighted by atomic mass is 10.1. The first-order chi connectivity index (χ1) is 10.3. The highest BCUT2D eigenvalue weighted by molar-refractivity contribution is 9.10. The van der Waals surface area contributed by atoms with E-state index in [-0.39, 0.29) is 5.78 Å². The second-order valence-corrected chi connectivity index (χ2v) is 5.63. The van der Waals surface area contributed by atoms with Crippen LogP contribution in [0.5, 0.6) is 0 Å². The lowest BCUT2D eigenvalue weighted by Gasteiger charge is -2.04. The summed E-state index contributed by atoms with van der Waals surface area (Å²) in [7, 11) is 0. The van der Waals surface area contributed by atoms with Crippen molar-refractivity contribution < 1.29 is 9.53 Å². The molecule has 0 fully saturated rings. The van der Waals surface area contributed by atoms with E-state index >= 15 is 0 Å². The Morgan fingerprint density at radius 3 is 2.62 bits per heavy atom. The Kier molecular flexibility index (Phi) is 6.57. The van der Waals surface area contributed by atoms with E-state index in [0.29, 0.717) is 19.6 Å². The lowest BCUT2D eigenvalue weighted by Crippen LogP contribution is -2.05. The van der Waals surface area contributed by atoms with Gasteiger partial charge in [-0.3, -0.25) is 9.78 Å².